The molecule has 13 heteroatoms. The van der Waals surface area contributed by atoms with Gasteiger partial charge in [0, 0.05) is 16.7 Å². The Morgan fingerprint density at radius 3 is 2.25 bits per heavy atom. The van der Waals surface area contributed by atoms with Crippen molar-refractivity contribution in [2.24, 2.45) is 0 Å². The van der Waals surface area contributed by atoms with Gasteiger partial charge in [0.05, 0.1) is 6.42 Å². The smallest absolute Gasteiger partial charge is 0.356 e. The van der Waals surface area contributed by atoms with Crippen LogP contribution in [0, 0.1) is 0 Å². The number of esters is 2. The predicted molar refractivity (Wildman–Crippen MR) is 171 cm³/mol. The molecule has 2 aliphatic rings. The normalized spacial score (nSPS) is 18.2. The number of benzene rings is 2. The minimum absolute atomic E-state index is 0.0233. The van der Waals surface area contributed by atoms with E-state index in [4.69, 9.17) is 44.3 Å². The van der Waals surface area contributed by atoms with Crippen LogP contribution in [0.15, 0.2) is 102 Å². The summed E-state index contributed by atoms with van der Waals surface area (Å²) >= 11 is 19.8. The molecular weight excluding hydrogens is 667 g/mol. The Balaban J connectivity index is 1.42. The Kier molecular flexibility index (Phi) is 10.4. The van der Waals surface area contributed by atoms with Crippen molar-refractivity contribution in [2.45, 2.75) is 27.7 Å². The number of nitrogens with one attached hydrogen (secondary N) is 1. The Labute approximate surface area is 276 Å². The molecule has 44 heavy (non-hydrogen) atoms. The van der Waals surface area contributed by atoms with Gasteiger partial charge in [-0.25, -0.2) is 9.59 Å². The van der Waals surface area contributed by atoms with Crippen molar-refractivity contribution >= 4 is 81.7 Å². The van der Waals surface area contributed by atoms with E-state index in [1.165, 1.54) is 34.1 Å². The van der Waals surface area contributed by atoms with Crippen LogP contribution in [0.25, 0.3) is 0 Å². The number of hydrogen-bond donors (Lipinski definition) is 1. The number of thiophene rings is 1. The van der Waals surface area contributed by atoms with E-state index in [1.54, 1.807) is 0 Å². The predicted octanol–water partition coefficient (Wildman–Crippen LogP) is 5.75. The van der Waals surface area contributed by atoms with Crippen molar-refractivity contribution in [3.8, 4) is 0 Å². The summed E-state index contributed by atoms with van der Waals surface area (Å²) in [7, 11) is 0. The molecule has 3 aromatic rings. The molecule has 1 aromatic heterocycles. The van der Waals surface area contributed by atoms with E-state index in [9.17, 15) is 19.2 Å². The molecule has 0 aliphatic carbocycles. The lowest BCUT2D eigenvalue weighted by Crippen LogP contribution is -2.70. The third kappa shape index (κ3) is 7.86. The fraction of sp³-hybridized carbons (Fsp3) is 0.226. The van der Waals surface area contributed by atoms with Gasteiger partial charge in [-0.2, -0.15) is 0 Å². The van der Waals surface area contributed by atoms with E-state index in [-0.39, 0.29) is 23.8 Å². The zero-order valence-corrected chi connectivity index (χ0v) is 26.8. The molecule has 8 nitrogen and oxygen atoms in total. The first-order chi connectivity index (χ1) is 21.1. The first kappa shape index (κ1) is 32.1. The maximum atomic E-state index is 14.0. The highest BCUT2D eigenvalue weighted by atomic mass is 35.6. The third-order valence-corrected chi connectivity index (χ3v) is 9.16. The number of nitrogens with zero attached hydrogens (tertiary/aromatic N) is 1. The molecule has 3 heterocycles. The molecule has 1 saturated heterocycles. The van der Waals surface area contributed by atoms with Crippen molar-refractivity contribution in [2.75, 3.05) is 12.4 Å². The molecule has 2 amide bonds. The molecule has 0 saturated carbocycles. The quantitative estimate of drug-likeness (QED) is 0.125. The minimum atomic E-state index is -1.79. The third-order valence-electron chi connectivity index (χ3n) is 6.65. The Morgan fingerprint density at radius 1 is 1.00 bits per heavy atom. The lowest BCUT2D eigenvalue weighted by atomic mass is 10.0. The molecule has 5 rings (SSSR count). The van der Waals surface area contributed by atoms with Gasteiger partial charge >= 0.3 is 11.9 Å². The number of rotatable bonds is 10. The highest BCUT2D eigenvalue weighted by Crippen LogP contribution is 2.42. The summed E-state index contributed by atoms with van der Waals surface area (Å²) in [6, 6.07) is 21.3. The second kappa shape index (κ2) is 14.2. The minimum Gasteiger partial charge on any atom is -0.458 e. The summed E-state index contributed by atoms with van der Waals surface area (Å²) in [4.78, 5) is 54.7. The number of fused-ring (bicyclic) bond motifs is 1. The summed E-state index contributed by atoms with van der Waals surface area (Å²) in [6.07, 6.45) is 1.85. The number of thioether (sulfide) groups is 1. The molecule has 0 unspecified atom stereocenters. The highest BCUT2D eigenvalue weighted by molar-refractivity contribution is 8.00. The van der Waals surface area contributed by atoms with E-state index in [0.717, 1.165) is 22.1 Å². The standard InChI is InChI=1S/C31H25Cl3N2O6S2/c32-31(33,34)18-41-24(38)14-13-21-17-44-29-25(35-23(37)16-22-12-7-15-43-22)28(39)36(29)26(21)30(40)42-27(19-8-3-1-4-9-19)20-10-5-2-6-11-20/h1-15,25,27,29H,16-18H2,(H,35,37)/t25-,29-/m1/s1. The number of carbonyl (C=O) groups is 4. The maximum absolute atomic E-state index is 14.0. The van der Waals surface area contributed by atoms with Crippen molar-refractivity contribution < 1.29 is 28.7 Å². The summed E-state index contributed by atoms with van der Waals surface area (Å²) in [5.41, 5.74) is 1.80. The van der Waals surface area contributed by atoms with Crippen LogP contribution in [0.2, 0.25) is 0 Å². The molecule has 1 fully saturated rings. The SMILES string of the molecule is O=C(Cc1cccs1)N[C@@H]1C(=O)N2C(C(=O)OC(c3ccccc3)c3ccccc3)=C(C=CC(=O)OCC(Cl)(Cl)Cl)CS[C@H]12. The maximum Gasteiger partial charge on any atom is 0.356 e. The number of ether oxygens (including phenoxy) is 2. The molecule has 228 valence electrons. The van der Waals surface area contributed by atoms with Crippen molar-refractivity contribution in [1.29, 1.82) is 0 Å². The van der Waals surface area contributed by atoms with Crippen LogP contribution >= 0.6 is 57.9 Å². The molecule has 1 N–H and O–H groups in total. The number of hydrogen-bond acceptors (Lipinski definition) is 8. The fourth-order valence-corrected chi connectivity index (χ4v) is 6.86. The molecule has 2 atom stereocenters. The number of carbonyl (C=O) groups excluding carboxylic acids is 4. The first-order valence-corrected chi connectivity index (χ1v) is 16.4. The van der Waals surface area contributed by atoms with E-state index in [1.807, 2.05) is 78.2 Å². The monoisotopic (exact) mass is 690 g/mol. The van der Waals surface area contributed by atoms with Crippen molar-refractivity contribution in [3.05, 3.63) is 118 Å². The van der Waals surface area contributed by atoms with E-state index >= 15 is 0 Å². The van der Waals surface area contributed by atoms with Gasteiger partial charge in [0.2, 0.25) is 9.70 Å². The second-order valence-corrected chi connectivity index (χ2v) is 14.4. The number of amides is 2. The van der Waals surface area contributed by atoms with Gasteiger partial charge in [-0.1, -0.05) is 102 Å². The summed E-state index contributed by atoms with van der Waals surface area (Å²) < 4.78 is 9.27. The lowest BCUT2D eigenvalue weighted by Gasteiger charge is -2.49. The van der Waals surface area contributed by atoms with Gasteiger partial charge in [0.1, 0.15) is 23.7 Å². The van der Waals surface area contributed by atoms with E-state index < -0.39 is 45.8 Å². The molecule has 0 bridgehead atoms. The Morgan fingerprint density at radius 2 is 1.66 bits per heavy atom. The number of β-lactam (4-membered cyclic amide) rings is 1. The average molecular weight is 692 g/mol. The van der Waals surface area contributed by atoms with Gasteiger partial charge < -0.3 is 14.8 Å². The second-order valence-electron chi connectivity index (χ2n) is 9.75. The topological polar surface area (TPSA) is 102 Å². The van der Waals surface area contributed by atoms with Crippen LogP contribution in [0.5, 0.6) is 0 Å². The lowest BCUT2D eigenvalue weighted by molar-refractivity contribution is -0.154. The molecule has 0 spiro atoms. The number of halogens is 3. The zero-order valence-electron chi connectivity index (χ0n) is 22.9. The van der Waals surface area contributed by atoms with E-state index in [0.29, 0.717) is 5.57 Å². The van der Waals surface area contributed by atoms with Crippen molar-refractivity contribution in [1.82, 2.24) is 10.2 Å². The van der Waals surface area contributed by atoms with Gasteiger partial charge in [0.25, 0.3) is 5.91 Å². The largest absolute Gasteiger partial charge is 0.458 e. The van der Waals surface area contributed by atoms with Gasteiger partial charge in [-0.15, -0.1) is 23.1 Å². The molecular formula is C31H25Cl3N2O6S2. The summed E-state index contributed by atoms with van der Waals surface area (Å²) in [5.74, 6) is -2.09. The fourth-order valence-electron chi connectivity index (χ4n) is 4.67. The van der Waals surface area contributed by atoms with Crippen LogP contribution in [-0.4, -0.2) is 56.2 Å². The number of allylic oxidation sites excluding steroid dienone is 1. The highest BCUT2D eigenvalue weighted by Gasteiger charge is 2.54. The number of alkyl halides is 3. The van der Waals surface area contributed by atoms with Crippen LogP contribution in [0.4, 0.5) is 0 Å². The first-order valence-electron chi connectivity index (χ1n) is 13.3. The van der Waals surface area contributed by atoms with E-state index in [2.05, 4.69) is 5.32 Å². The van der Waals surface area contributed by atoms with Crippen LogP contribution in [0.1, 0.15) is 22.1 Å². The molecule has 2 aliphatic heterocycles. The van der Waals surface area contributed by atoms with Gasteiger partial charge in [0.15, 0.2) is 6.10 Å². The Hall–Kier alpha value is -3.28. The molecule has 2 aromatic carbocycles. The van der Waals surface area contributed by atoms with Gasteiger partial charge in [-0.05, 0) is 34.2 Å². The summed E-state index contributed by atoms with van der Waals surface area (Å²) in [5, 5.41) is 4.13. The average Bonchev–Trinajstić information content (AvgIpc) is 3.53. The van der Waals surface area contributed by atoms with Crippen LogP contribution < -0.4 is 5.32 Å². The zero-order chi connectivity index (χ0) is 31.3. The van der Waals surface area contributed by atoms with Crippen molar-refractivity contribution in [3.63, 3.8) is 0 Å². The van der Waals surface area contributed by atoms with Crippen LogP contribution in [0.3, 0.4) is 0 Å². The molecule has 0 radical (unpaired) electrons. The van der Waals surface area contributed by atoms with Crippen LogP contribution in [-0.2, 0) is 35.1 Å². The van der Waals surface area contributed by atoms with Gasteiger partial charge in [-0.3, -0.25) is 14.5 Å². The summed E-state index contributed by atoms with van der Waals surface area (Å²) in [6.45, 7) is -0.473. The Bertz CT molecular complexity index is 1540.